The third-order valence-electron chi connectivity index (χ3n) is 4.97. The first kappa shape index (κ1) is 19.3. The maximum absolute atomic E-state index is 12.6. The molecule has 0 saturated carbocycles. The second-order valence-electron chi connectivity index (χ2n) is 6.85. The van der Waals surface area contributed by atoms with Gasteiger partial charge in [-0.25, -0.2) is 4.79 Å². The number of halogens is 2. The molecule has 0 spiro atoms. The van der Waals surface area contributed by atoms with Crippen LogP contribution in [0.5, 0.6) is 5.75 Å². The molecule has 2 amide bonds. The van der Waals surface area contributed by atoms with Crippen molar-refractivity contribution in [2.75, 3.05) is 33.3 Å². The Morgan fingerprint density at radius 1 is 1.11 bits per heavy atom. The number of carbonyl (C=O) groups is 2. The van der Waals surface area contributed by atoms with E-state index in [1.165, 1.54) is 24.1 Å². The van der Waals surface area contributed by atoms with Crippen molar-refractivity contribution in [2.24, 2.45) is 5.92 Å². The first-order chi connectivity index (χ1) is 12.9. The number of amides is 2. The van der Waals surface area contributed by atoms with Gasteiger partial charge in [0, 0.05) is 19.0 Å². The van der Waals surface area contributed by atoms with Gasteiger partial charge in [-0.05, 0) is 24.1 Å². The number of β-amino-alcohol motifs (C(OH)–C–C–N with tert-alkyl or cyclic N) is 1. The molecule has 9 heteroatoms. The molecule has 3 rings (SSSR count). The van der Waals surface area contributed by atoms with Crippen molar-refractivity contribution in [3.8, 4) is 5.75 Å². The minimum Gasteiger partial charge on any atom is -0.469 e. The van der Waals surface area contributed by atoms with Gasteiger partial charge in [0.05, 0.1) is 32.2 Å². The highest BCUT2D eigenvalue weighted by atomic mass is 19.3. The average Bonchev–Trinajstić information content (AvgIpc) is 2.64. The molecule has 2 atom stereocenters. The van der Waals surface area contributed by atoms with Crippen molar-refractivity contribution in [1.29, 1.82) is 0 Å². The number of methoxy groups -OCH3 is 1. The fraction of sp³-hybridized carbons (Fsp3) is 0.556. The van der Waals surface area contributed by atoms with Crippen molar-refractivity contribution in [3.05, 3.63) is 29.8 Å². The fourth-order valence-electron chi connectivity index (χ4n) is 3.57. The van der Waals surface area contributed by atoms with Crippen molar-refractivity contribution in [2.45, 2.75) is 25.1 Å². The quantitative estimate of drug-likeness (QED) is 0.799. The predicted molar refractivity (Wildman–Crippen MR) is 90.5 cm³/mol. The van der Waals surface area contributed by atoms with Crippen LogP contribution in [0.3, 0.4) is 0 Å². The molecule has 0 radical (unpaired) electrons. The number of esters is 1. The van der Waals surface area contributed by atoms with Crippen LogP contribution in [0.25, 0.3) is 0 Å². The second-order valence-corrected chi connectivity index (χ2v) is 6.85. The standard InChI is InChI=1S/C18H22F2N2O5/c1-26-16(24)13-6-12(11-2-4-15(5-3-11)27-17(19)20)7-21(8-13)18(25)22-9-14(23)10-22/h2-5,12-14,17,23H,6-10H2,1H3. The van der Waals surface area contributed by atoms with Crippen molar-refractivity contribution in [1.82, 2.24) is 9.80 Å². The first-order valence-electron chi connectivity index (χ1n) is 8.72. The van der Waals surface area contributed by atoms with E-state index in [4.69, 9.17) is 4.74 Å². The summed E-state index contributed by atoms with van der Waals surface area (Å²) >= 11 is 0. The fourth-order valence-corrected chi connectivity index (χ4v) is 3.57. The number of aliphatic hydroxyl groups is 1. The molecule has 2 aliphatic rings. The normalized spacial score (nSPS) is 23.1. The second kappa shape index (κ2) is 8.08. The highest BCUT2D eigenvalue weighted by Crippen LogP contribution is 2.33. The van der Waals surface area contributed by atoms with Crippen LogP contribution in [0, 0.1) is 5.92 Å². The SMILES string of the molecule is COC(=O)C1CC(c2ccc(OC(F)F)cc2)CN(C(=O)N2CC(O)C2)C1. The number of nitrogens with zero attached hydrogens (tertiary/aromatic N) is 2. The zero-order chi connectivity index (χ0) is 19.6. The van der Waals surface area contributed by atoms with E-state index in [-0.39, 0.29) is 37.3 Å². The number of benzene rings is 1. The molecule has 0 aromatic heterocycles. The van der Waals surface area contributed by atoms with Gasteiger partial charge in [-0.3, -0.25) is 4.79 Å². The van der Waals surface area contributed by atoms with Crippen LogP contribution in [0.4, 0.5) is 13.6 Å². The van der Waals surface area contributed by atoms with E-state index < -0.39 is 24.6 Å². The molecule has 148 valence electrons. The Hall–Kier alpha value is -2.42. The van der Waals surface area contributed by atoms with Gasteiger partial charge in [0.15, 0.2) is 0 Å². The lowest BCUT2D eigenvalue weighted by molar-refractivity contribution is -0.147. The van der Waals surface area contributed by atoms with Gasteiger partial charge in [0.25, 0.3) is 0 Å². The van der Waals surface area contributed by atoms with Crippen LogP contribution in [-0.2, 0) is 9.53 Å². The monoisotopic (exact) mass is 384 g/mol. The summed E-state index contributed by atoms with van der Waals surface area (Å²) in [6.45, 7) is -1.69. The van der Waals surface area contributed by atoms with E-state index in [1.54, 1.807) is 17.0 Å². The van der Waals surface area contributed by atoms with Crippen LogP contribution in [0.15, 0.2) is 24.3 Å². The third-order valence-corrected chi connectivity index (χ3v) is 4.97. The predicted octanol–water partition coefficient (Wildman–Crippen LogP) is 1.66. The van der Waals surface area contributed by atoms with E-state index in [0.29, 0.717) is 13.0 Å². The number of hydrogen-bond donors (Lipinski definition) is 1. The Balaban J connectivity index is 1.74. The van der Waals surface area contributed by atoms with Crippen LogP contribution < -0.4 is 4.74 Å². The summed E-state index contributed by atoms with van der Waals surface area (Å²) in [5, 5.41) is 9.41. The van der Waals surface area contributed by atoms with Crippen molar-refractivity contribution in [3.63, 3.8) is 0 Å². The molecular weight excluding hydrogens is 362 g/mol. The van der Waals surface area contributed by atoms with E-state index in [2.05, 4.69) is 4.74 Å². The van der Waals surface area contributed by atoms with Crippen molar-refractivity contribution >= 4 is 12.0 Å². The van der Waals surface area contributed by atoms with Gasteiger partial charge < -0.3 is 24.4 Å². The lowest BCUT2D eigenvalue weighted by Crippen LogP contribution is -2.59. The maximum Gasteiger partial charge on any atom is 0.387 e. The summed E-state index contributed by atoms with van der Waals surface area (Å²) in [5.41, 5.74) is 0.826. The molecule has 7 nitrogen and oxygen atoms in total. The number of urea groups is 1. The Bertz CT molecular complexity index is 679. The number of aliphatic hydroxyl groups excluding tert-OH is 1. The molecule has 0 aliphatic carbocycles. The molecule has 2 saturated heterocycles. The van der Waals surface area contributed by atoms with Gasteiger partial charge in [0.1, 0.15) is 5.75 Å². The largest absolute Gasteiger partial charge is 0.469 e. The number of ether oxygens (including phenoxy) is 2. The average molecular weight is 384 g/mol. The molecule has 0 bridgehead atoms. The summed E-state index contributed by atoms with van der Waals surface area (Å²) in [5.74, 6) is -0.949. The Labute approximate surface area is 155 Å². The number of carbonyl (C=O) groups excluding carboxylic acids is 2. The molecule has 1 aromatic rings. The van der Waals surface area contributed by atoms with Crippen LogP contribution in [0.1, 0.15) is 17.9 Å². The summed E-state index contributed by atoms with van der Waals surface area (Å²) in [6, 6.07) is 6.00. The lowest BCUT2D eigenvalue weighted by Gasteiger charge is -2.43. The van der Waals surface area contributed by atoms with E-state index in [1.807, 2.05) is 0 Å². The Kier molecular flexibility index (Phi) is 5.79. The third kappa shape index (κ3) is 4.47. The van der Waals surface area contributed by atoms with Gasteiger partial charge >= 0.3 is 18.6 Å². The molecule has 27 heavy (non-hydrogen) atoms. The molecule has 2 unspecified atom stereocenters. The van der Waals surface area contributed by atoms with Crippen molar-refractivity contribution < 1.29 is 33.0 Å². The molecule has 2 fully saturated rings. The molecule has 1 aromatic carbocycles. The van der Waals surface area contributed by atoms with Gasteiger partial charge in [-0.2, -0.15) is 8.78 Å². The molecule has 1 N–H and O–H groups in total. The van der Waals surface area contributed by atoms with Crippen LogP contribution >= 0.6 is 0 Å². The number of piperidine rings is 1. The molecule has 2 heterocycles. The van der Waals surface area contributed by atoms with E-state index >= 15 is 0 Å². The summed E-state index contributed by atoms with van der Waals surface area (Å²) in [4.78, 5) is 27.8. The van der Waals surface area contributed by atoms with E-state index in [0.717, 1.165) is 5.56 Å². The summed E-state index contributed by atoms with van der Waals surface area (Å²) < 4.78 is 33.8. The Morgan fingerprint density at radius 2 is 1.74 bits per heavy atom. The molecular formula is C18H22F2N2O5. The summed E-state index contributed by atoms with van der Waals surface area (Å²) in [7, 11) is 1.31. The van der Waals surface area contributed by atoms with Crippen LogP contribution in [0.2, 0.25) is 0 Å². The first-order valence-corrected chi connectivity index (χ1v) is 8.72. The smallest absolute Gasteiger partial charge is 0.387 e. The maximum atomic E-state index is 12.6. The number of likely N-dealkylation sites (tertiary alicyclic amines) is 2. The number of rotatable bonds is 4. The minimum absolute atomic E-state index is 0.0524. The highest BCUT2D eigenvalue weighted by Gasteiger charge is 2.39. The van der Waals surface area contributed by atoms with Gasteiger partial charge in [0.2, 0.25) is 0 Å². The summed E-state index contributed by atoms with van der Waals surface area (Å²) in [6.07, 6.45) is -0.0120. The minimum atomic E-state index is -2.89. The lowest BCUT2D eigenvalue weighted by atomic mass is 9.84. The highest BCUT2D eigenvalue weighted by molar-refractivity contribution is 5.78. The zero-order valence-electron chi connectivity index (χ0n) is 14.9. The van der Waals surface area contributed by atoms with Crippen LogP contribution in [-0.4, -0.2) is 72.9 Å². The van der Waals surface area contributed by atoms with E-state index in [9.17, 15) is 23.5 Å². The van der Waals surface area contributed by atoms with Gasteiger partial charge in [-0.1, -0.05) is 12.1 Å². The van der Waals surface area contributed by atoms with Gasteiger partial charge in [-0.15, -0.1) is 0 Å². The number of hydrogen-bond acceptors (Lipinski definition) is 5. The Morgan fingerprint density at radius 3 is 2.30 bits per heavy atom. The topological polar surface area (TPSA) is 79.3 Å². The number of alkyl halides is 2. The molecule has 2 aliphatic heterocycles. The zero-order valence-corrected chi connectivity index (χ0v) is 14.9.